The van der Waals surface area contributed by atoms with E-state index in [-0.39, 0.29) is 11.9 Å². The minimum absolute atomic E-state index is 0.0428. The predicted octanol–water partition coefficient (Wildman–Crippen LogP) is 4.42. The van der Waals surface area contributed by atoms with Crippen LogP contribution in [0.3, 0.4) is 0 Å². The van der Waals surface area contributed by atoms with Crippen LogP contribution in [0.4, 0.5) is 5.82 Å². The number of carbonyl (C=O) groups is 1. The van der Waals surface area contributed by atoms with Gasteiger partial charge in [0.1, 0.15) is 11.5 Å². The molecule has 156 valence electrons. The van der Waals surface area contributed by atoms with E-state index >= 15 is 0 Å². The van der Waals surface area contributed by atoms with Gasteiger partial charge in [-0.3, -0.25) is 4.79 Å². The number of rotatable bonds is 5. The van der Waals surface area contributed by atoms with Gasteiger partial charge in [0.25, 0.3) is 5.91 Å². The number of pyridine rings is 2. The molecule has 1 aliphatic heterocycles. The van der Waals surface area contributed by atoms with Gasteiger partial charge in [0.05, 0.1) is 11.1 Å². The minimum atomic E-state index is 0.0428. The van der Waals surface area contributed by atoms with Crippen LogP contribution < -0.4 is 5.32 Å². The van der Waals surface area contributed by atoms with E-state index in [4.69, 9.17) is 5.10 Å². The van der Waals surface area contributed by atoms with Crippen molar-refractivity contribution >= 4 is 17.2 Å². The number of hydrogen-bond acceptors (Lipinski definition) is 4. The van der Waals surface area contributed by atoms with E-state index in [0.29, 0.717) is 12.1 Å². The van der Waals surface area contributed by atoms with Gasteiger partial charge in [-0.05, 0) is 43.5 Å². The van der Waals surface area contributed by atoms with E-state index in [9.17, 15) is 4.79 Å². The van der Waals surface area contributed by atoms with E-state index in [1.54, 1.807) is 4.52 Å². The van der Waals surface area contributed by atoms with Gasteiger partial charge in [-0.2, -0.15) is 5.10 Å². The largest absolute Gasteiger partial charge is 0.368 e. The number of hydrogen-bond donors (Lipinski definition) is 1. The molecule has 4 aromatic rings. The lowest BCUT2D eigenvalue weighted by Gasteiger charge is -2.25. The first-order valence-corrected chi connectivity index (χ1v) is 10.7. The topological polar surface area (TPSA) is 62.5 Å². The number of aryl methyl sites for hydroxylation is 1. The monoisotopic (exact) mass is 411 g/mol. The number of amides is 1. The fourth-order valence-electron chi connectivity index (χ4n) is 4.26. The summed E-state index contributed by atoms with van der Waals surface area (Å²) in [5, 5.41) is 8.15. The molecule has 1 N–H and O–H groups in total. The number of nitrogens with one attached hydrogen (secondary N) is 1. The van der Waals surface area contributed by atoms with Crippen LogP contribution in [-0.4, -0.2) is 44.5 Å². The van der Waals surface area contributed by atoms with Crippen molar-refractivity contribution in [3.8, 4) is 11.3 Å². The fraction of sp³-hybridized carbons (Fsp3) is 0.240. The predicted molar refractivity (Wildman–Crippen MR) is 122 cm³/mol. The molecule has 0 saturated carbocycles. The van der Waals surface area contributed by atoms with Crippen LogP contribution in [0.5, 0.6) is 0 Å². The first-order valence-electron chi connectivity index (χ1n) is 10.7. The summed E-state index contributed by atoms with van der Waals surface area (Å²) in [7, 11) is 0. The van der Waals surface area contributed by atoms with Crippen LogP contribution >= 0.6 is 0 Å². The smallest absolute Gasteiger partial charge is 0.258 e. The van der Waals surface area contributed by atoms with Crippen molar-refractivity contribution in [1.29, 1.82) is 0 Å². The SMILES string of the molecule is Cc1ccc(NC[C@@H]2CCCN2C(=O)c2c(-c3ccccc3)nn3ccccc23)nc1. The van der Waals surface area contributed by atoms with Crippen molar-refractivity contribution in [2.75, 3.05) is 18.4 Å². The molecule has 0 bridgehead atoms. The zero-order chi connectivity index (χ0) is 21.2. The number of benzene rings is 1. The molecule has 31 heavy (non-hydrogen) atoms. The van der Waals surface area contributed by atoms with E-state index in [1.807, 2.05) is 84.9 Å². The lowest BCUT2D eigenvalue weighted by atomic mass is 10.0. The van der Waals surface area contributed by atoms with E-state index in [1.165, 1.54) is 0 Å². The van der Waals surface area contributed by atoms with Gasteiger partial charge >= 0.3 is 0 Å². The standard InChI is InChI=1S/C25H25N5O/c1-18-12-13-22(26-16-18)27-17-20-10-7-14-29(20)25(31)23-21-11-5-6-15-30(21)28-24(23)19-8-3-2-4-9-19/h2-6,8-9,11-13,15-16,20H,7,10,14,17H2,1H3,(H,26,27)/t20-/m0/s1. The van der Waals surface area contributed by atoms with E-state index in [0.717, 1.165) is 47.5 Å². The third-order valence-electron chi connectivity index (χ3n) is 5.87. The number of likely N-dealkylation sites (tertiary alicyclic amines) is 1. The maximum Gasteiger partial charge on any atom is 0.258 e. The maximum absolute atomic E-state index is 13.8. The minimum Gasteiger partial charge on any atom is -0.368 e. The Balaban J connectivity index is 1.45. The Morgan fingerprint density at radius 2 is 1.94 bits per heavy atom. The Labute approximate surface area is 181 Å². The molecule has 6 nitrogen and oxygen atoms in total. The second-order valence-electron chi connectivity index (χ2n) is 8.02. The van der Waals surface area contributed by atoms with Gasteiger partial charge in [-0.25, -0.2) is 9.50 Å². The molecule has 1 aromatic carbocycles. The van der Waals surface area contributed by atoms with Gasteiger partial charge in [-0.15, -0.1) is 0 Å². The number of aromatic nitrogens is 3. The van der Waals surface area contributed by atoms with Crippen molar-refractivity contribution in [2.24, 2.45) is 0 Å². The van der Waals surface area contributed by atoms with Crippen LogP contribution in [0, 0.1) is 6.92 Å². The zero-order valence-corrected chi connectivity index (χ0v) is 17.5. The highest BCUT2D eigenvalue weighted by atomic mass is 16.2. The Hall–Kier alpha value is -3.67. The van der Waals surface area contributed by atoms with E-state index < -0.39 is 0 Å². The summed E-state index contributed by atoms with van der Waals surface area (Å²) in [6.45, 7) is 3.46. The van der Waals surface area contributed by atoms with Gasteiger partial charge in [0.15, 0.2) is 0 Å². The number of fused-ring (bicyclic) bond motifs is 1. The summed E-state index contributed by atoms with van der Waals surface area (Å²) in [6, 6.07) is 19.9. The molecule has 0 unspecified atom stereocenters. The Bertz CT molecular complexity index is 1200. The van der Waals surface area contributed by atoms with Crippen LogP contribution in [-0.2, 0) is 0 Å². The summed E-state index contributed by atoms with van der Waals surface area (Å²) in [5.74, 6) is 0.882. The molecule has 3 aromatic heterocycles. The summed E-state index contributed by atoms with van der Waals surface area (Å²) in [6.07, 6.45) is 5.72. The van der Waals surface area contributed by atoms with Gasteiger partial charge in [-0.1, -0.05) is 42.5 Å². The third-order valence-corrected chi connectivity index (χ3v) is 5.87. The number of anilines is 1. The van der Waals surface area contributed by atoms with Crippen LogP contribution in [0.1, 0.15) is 28.8 Å². The molecular formula is C25H25N5O. The normalized spacial score (nSPS) is 16.0. The Kier molecular flexibility index (Phi) is 5.12. The molecule has 4 heterocycles. The molecule has 1 fully saturated rings. The van der Waals surface area contributed by atoms with Crippen LogP contribution in [0.15, 0.2) is 73.1 Å². The first kappa shape index (κ1) is 19.3. The molecule has 6 heteroatoms. The molecule has 0 aliphatic carbocycles. The molecule has 1 aliphatic rings. The van der Waals surface area contributed by atoms with E-state index in [2.05, 4.69) is 10.3 Å². The molecule has 1 amide bonds. The fourth-order valence-corrected chi connectivity index (χ4v) is 4.26. The van der Waals surface area contributed by atoms with Gasteiger partial charge in [0, 0.05) is 37.1 Å². The van der Waals surface area contributed by atoms with Crippen molar-refractivity contribution in [1.82, 2.24) is 19.5 Å². The average Bonchev–Trinajstić information content (AvgIpc) is 3.44. The summed E-state index contributed by atoms with van der Waals surface area (Å²) < 4.78 is 1.80. The summed E-state index contributed by atoms with van der Waals surface area (Å²) in [5.41, 5.74) is 4.32. The number of carbonyl (C=O) groups excluding carboxylic acids is 1. The first-order chi connectivity index (χ1) is 15.2. The summed E-state index contributed by atoms with van der Waals surface area (Å²) >= 11 is 0. The quantitative estimate of drug-likeness (QED) is 0.528. The molecule has 1 atom stereocenters. The highest BCUT2D eigenvalue weighted by Crippen LogP contribution is 2.30. The highest BCUT2D eigenvalue weighted by Gasteiger charge is 2.33. The van der Waals surface area contributed by atoms with Crippen molar-refractivity contribution in [3.63, 3.8) is 0 Å². The average molecular weight is 412 g/mol. The van der Waals surface area contributed by atoms with Crippen molar-refractivity contribution < 1.29 is 4.79 Å². The maximum atomic E-state index is 13.8. The molecule has 5 rings (SSSR count). The number of nitrogens with zero attached hydrogens (tertiary/aromatic N) is 4. The zero-order valence-electron chi connectivity index (χ0n) is 17.5. The Morgan fingerprint density at radius 1 is 1.10 bits per heavy atom. The van der Waals surface area contributed by atoms with Crippen LogP contribution in [0.25, 0.3) is 16.8 Å². The second kappa shape index (κ2) is 8.22. The van der Waals surface area contributed by atoms with Gasteiger partial charge < -0.3 is 10.2 Å². The Morgan fingerprint density at radius 3 is 2.74 bits per heavy atom. The van der Waals surface area contributed by atoms with Gasteiger partial charge in [0.2, 0.25) is 0 Å². The lowest BCUT2D eigenvalue weighted by Crippen LogP contribution is -2.39. The third kappa shape index (κ3) is 3.77. The highest BCUT2D eigenvalue weighted by molar-refractivity contribution is 6.06. The van der Waals surface area contributed by atoms with Crippen molar-refractivity contribution in [2.45, 2.75) is 25.8 Å². The van der Waals surface area contributed by atoms with Crippen molar-refractivity contribution in [3.05, 3.63) is 84.2 Å². The van der Waals surface area contributed by atoms with Crippen LogP contribution in [0.2, 0.25) is 0 Å². The molecule has 0 spiro atoms. The molecule has 0 radical (unpaired) electrons. The summed E-state index contributed by atoms with van der Waals surface area (Å²) in [4.78, 5) is 20.2. The lowest BCUT2D eigenvalue weighted by molar-refractivity contribution is 0.0746. The molecular weight excluding hydrogens is 386 g/mol. The molecule has 1 saturated heterocycles. The second-order valence-corrected chi connectivity index (χ2v) is 8.02.